The summed E-state index contributed by atoms with van der Waals surface area (Å²) in [6.07, 6.45) is 6.85. The third kappa shape index (κ3) is 4.50. The van der Waals surface area contributed by atoms with E-state index in [1.54, 1.807) is 13.2 Å². The first-order valence-corrected chi connectivity index (χ1v) is 12.0. The second-order valence-electron chi connectivity index (χ2n) is 9.65. The highest BCUT2D eigenvalue weighted by atomic mass is 16.5. The van der Waals surface area contributed by atoms with Gasteiger partial charge in [-0.1, -0.05) is 18.2 Å². The predicted molar refractivity (Wildman–Crippen MR) is 130 cm³/mol. The molecule has 33 heavy (non-hydrogen) atoms. The van der Waals surface area contributed by atoms with Crippen molar-refractivity contribution in [2.24, 2.45) is 5.41 Å². The molecule has 0 aliphatic carbocycles. The van der Waals surface area contributed by atoms with E-state index in [1.807, 2.05) is 24.3 Å². The van der Waals surface area contributed by atoms with Gasteiger partial charge in [0.2, 0.25) is 0 Å². The lowest BCUT2D eigenvalue weighted by Gasteiger charge is -2.48. The largest absolute Gasteiger partial charge is 0.497 e. The monoisotopic (exact) mass is 447 g/mol. The van der Waals surface area contributed by atoms with Gasteiger partial charge in [-0.25, -0.2) is 4.79 Å². The van der Waals surface area contributed by atoms with Gasteiger partial charge < -0.3 is 24.6 Å². The molecular weight excluding hydrogens is 414 g/mol. The summed E-state index contributed by atoms with van der Waals surface area (Å²) in [6, 6.07) is 13.6. The second kappa shape index (κ2) is 9.20. The number of carboxylic acid groups (broad SMARTS) is 1. The van der Waals surface area contributed by atoms with Crippen LogP contribution in [0.1, 0.15) is 40.7 Å². The van der Waals surface area contributed by atoms with Crippen LogP contribution >= 0.6 is 0 Å². The molecule has 3 aliphatic rings. The number of benzene rings is 2. The number of fused-ring (bicyclic) bond motifs is 4. The second-order valence-corrected chi connectivity index (χ2v) is 9.65. The minimum atomic E-state index is -0.870. The number of nitrogens with one attached hydrogen (secondary N) is 1. The smallest absolute Gasteiger partial charge is 0.336 e. The van der Waals surface area contributed by atoms with Crippen LogP contribution in [0.4, 0.5) is 0 Å². The molecule has 1 aromatic heterocycles. The average molecular weight is 448 g/mol. The molecule has 4 heterocycles. The molecule has 0 amide bonds. The fourth-order valence-electron chi connectivity index (χ4n) is 5.60. The molecule has 3 fully saturated rings. The van der Waals surface area contributed by atoms with E-state index in [9.17, 15) is 9.90 Å². The summed E-state index contributed by atoms with van der Waals surface area (Å²) in [7, 11) is 1.67. The van der Waals surface area contributed by atoms with Crippen molar-refractivity contribution < 1.29 is 14.6 Å². The topological polar surface area (TPSA) is 66.7 Å². The normalized spacial score (nSPS) is 22.0. The SMILES string of the molecule is COc1ccc(Cn2cc(CCNCC34CCN(CC3)CC4)c3c(C(=O)O)cccc32)cc1. The van der Waals surface area contributed by atoms with Crippen LogP contribution in [0, 0.1) is 5.41 Å². The van der Waals surface area contributed by atoms with E-state index in [0.29, 0.717) is 17.5 Å². The van der Waals surface area contributed by atoms with Gasteiger partial charge in [-0.3, -0.25) is 0 Å². The van der Waals surface area contributed by atoms with E-state index in [-0.39, 0.29) is 0 Å². The fraction of sp³-hybridized carbons (Fsp3) is 0.444. The molecule has 3 aliphatic heterocycles. The third-order valence-electron chi connectivity index (χ3n) is 7.67. The van der Waals surface area contributed by atoms with Crippen molar-refractivity contribution in [2.45, 2.75) is 32.2 Å². The zero-order valence-corrected chi connectivity index (χ0v) is 19.3. The summed E-state index contributed by atoms with van der Waals surface area (Å²) in [6.45, 7) is 6.34. The first kappa shape index (κ1) is 22.0. The van der Waals surface area contributed by atoms with Gasteiger partial charge in [0.1, 0.15) is 5.75 Å². The van der Waals surface area contributed by atoms with Gasteiger partial charge in [-0.05, 0) is 92.7 Å². The molecule has 0 saturated carbocycles. The van der Waals surface area contributed by atoms with Crippen molar-refractivity contribution >= 4 is 16.9 Å². The van der Waals surface area contributed by atoms with E-state index >= 15 is 0 Å². The quantitative estimate of drug-likeness (QED) is 0.485. The maximum atomic E-state index is 12.0. The standard InChI is InChI=1S/C27H33N3O3/c1-33-22-7-5-20(6-8-22)17-30-18-21(25-23(26(31)32)3-2-4-24(25)30)9-13-28-19-27-10-14-29(15-11-27)16-12-27/h2-8,18,28H,9-17,19H2,1H3,(H,31,32). The molecule has 0 atom stereocenters. The molecule has 2 aromatic carbocycles. The number of rotatable bonds is 9. The number of piperidine rings is 3. The molecule has 2 bridgehead atoms. The molecule has 6 nitrogen and oxygen atoms in total. The van der Waals surface area contributed by atoms with Crippen LogP contribution in [-0.4, -0.2) is 60.4 Å². The Hall–Kier alpha value is -2.83. The van der Waals surface area contributed by atoms with Crippen LogP contribution in [0.15, 0.2) is 48.7 Å². The van der Waals surface area contributed by atoms with Gasteiger partial charge in [0, 0.05) is 30.2 Å². The van der Waals surface area contributed by atoms with Gasteiger partial charge >= 0.3 is 5.97 Å². The maximum absolute atomic E-state index is 12.0. The third-order valence-corrected chi connectivity index (χ3v) is 7.67. The van der Waals surface area contributed by atoms with Gasteiger partial charge in [0.25, 0.3) is 0 Å². The Kier molecular flexibility index (Phi) is 6.13. The molecule has 2 N–H and O–H groups in total. The maximum Gasteiger partial charge on any atom is 0.336 e. The molecule has 0 spiro atoms. The summed E-state index contributed by atoms with van der Waals surface area (Å²) in [5.74, 6) is -0.0380. The number of ether oxygens (including phenoxy) is 1. The lowest BCUT2D eigenvalue weighted by atomic mass is 9.72. The fourth-order valence-corrected chi connectivity index (χ4v) is 5.60. The van der Waals surface area contributed by atoms with Crippen molar-refractivity contribution in [3.8, 4) is 5.75 Å². The van der Waals surface area contributed by atoms with Crippen molar-refractivity contribution in [1.82, 2.24) is 14.8 Å². The van der Waals surface area contributed by atoms with Crippen LogP contribution in [0.2, 0.25) is 0 Å². The van der Waals surface area contributed by atoms with Gasteiger partial charge in [-0.15, -0.1) is 0 Å². The molecule has 174 valence electrons. The van der Waals surface area contributed by atoms with E-state index in [2.05, 4.69) is 33.1 Å². The highest BCUT2D eigenvalue weighted by molar-refractivity contribution is 6.04. The molecule has 3 aromatic rings. The Morgan fingerprint density at radius 3 is 2.48 bits per heavy atom. The predicted octanol–water partition coefficient (Wildman–Crippen LogP) is 4.01. The summed E-state index contributed by atoms with van der Waals surface area (Å²) in [5.41, 5.74) is 4.07. The van der Waals surface area contributed by atoms with Crippen LogP contribution in [0.3, 0.4) is 0 Å². The number of carboxylic acids is 1. The first-order chi connectivity index (χ1) is 16.1. The van der Waals surface area contributed by atoms with Crippen LogP contribution in [-0.2, 0) is 13.0 Å². The number of hydrogen-bond acceptors (Lipinski definition) is 4. The van der Waals surface area contributed by atoms with Gasteiger partial charge in [-0.2, -0.15) is 0 Å². The summed E-state index contributed by atoms with van der Waals surface area (Å²) >= 11 is 0. The average Bonchev–Trinajstić information content (AvgIpc) is 3.21. The van der Waals surface area contributed by atoms with Crippen LogP contribution < -0.4 is 10.1 Å². The molecular formula is C27H33N3O3. The van der Waals surface area contributed by atoms with Gasteiger partial charge in [0.15, 0.2) is 0 Å². The van der Waals surface area contributed by atoms with Crippen LogP contribution in [0.25, 0.3) is 10.9 Å². The van der Waals surface area contributed by atoms with Crippen molar-refractivity contribution in [2.75, 3.05) is 39.8 Å². The molecule has 3 saturated heterocycles. The zero-order valence-electron chi connectivity index (χ0n) is 19.3. The lowest BCUT2D eigenvalue weighted by molar-refractivity contribution is 0.0268. The molecule has 0 radical (unpaired) electrons. The highest BCUT2D eigenvalue weighted by Gasteiger charge is 2.38. The number of aromatic carboxylic acids is 1. The minimum absolute atomic E-state index is 0.384. The number of methoxy groups -OCH3 is 1. The Labute approximate surface area is 195 Å². The van der Waals surface area contributed by atoms with Crippen molar-refractivity contribution in [3.63, 3.8) is 0 Å². The van der Waals surface area contributed by atoms with Gasteiger partial charge in [0.05, 0.1) is 12.7 Å². The number of aromatic nitrogens is 1. The van der Waals surface area contributed by atoms with E-state index in [0.717, 1.165) is 47.3 Å². The summed E-state index contributed by atoms with van der Waals surface area (Å²) in [4.78, 5) is 14.6. The summed E-state index contributed by atoms with van der Waals surface area (Å²) < 4.78 is 7.45. The highest BCUT2D eigenvalue weighted by Crippen LogP contribution is 2.39. The van der Waals surface area contributed by atoms with E-state index in [1.165, 1.54) is 38.9 Å². The molecule has 6 rings (SSSR count). The Morgan fingerprint density at radius 1 is 1.09 bits per heavy atom. The van der Waals surface area contributed by atoms with Crippen molar-refractivity contribution in [3.05, 3.63) is 65.4 Å². The number of hydrogen-bond donors (Lipinski definition) is 2. The summed E-state index contributed by atoms with van der Waals surface area (Å²) in [5, 5.41) is 14.4. The number of carbonyl (C=O) groups is 1. The van der Waals surface area contributed by atoms with Crippen LogP contribution in [0.5, 0.6) is 5.75 Å². The molecule has 6 heteroatoms. The Balaban J connectivity index is 1.34. The zero-order chi connectivity index (χ0) is 22.8. The minimum Gasteiger partial charge on any atom is -0.497 e. The molecule has 0 unspecified atom stereocenters. The van der Waals surface area contributed by atoms with E-state index in [4.69, 9.17) is 4.74 Å². The van der Waals surface area contributed by atoms with Crippen molar-refractivity contribution in [1.29, 1.82) is 0 Å². The lowest BCUT2D eigenvalue weighted by Crippen LogP contribution is -2.52. The Morgan fingerprint density at radius 2 is 1.82 bits per heavy atom. The first-order valence-electron chi connectivity index (χ1n) is 12.0. The van der Waals surface area contributed by atoms with E-state index < -0.39 is 5.97 Å². The Bertz CT molecular complexity index is 1110. The number of nitrogens with zero attached hydrogens (tertiary/aromatic N) is 2.